The van der Waals surface area contributed by atoms with Gasteiger partial charge in [-0.2, -0.15) is 0 Å². The lowest BCUT2D eigenvalue weighted by atomic mass is 9.78. The molecule has 1 heterocycles. The maximum absolute atomic E-state index is 13.7. The van der Waals surface area contributed by atoms with Crippen molar-refractivity contribution < 1.29 is 9.53 Å². The summed E-state index contributed by atoms with van der Waals surface area (Å²) in [5, 5.41) is 7.28. The first-order valence-electron chi connectivity index (χ1n) is 12.4. The molecule has 3 aromatic rings. The Morgan fingerprint density at radius 1 is 0.886 bits per heavy atom. The molecule has 0 radical (unpaired) electrons. The van der Waals surface area contributed by atoms with Gasteiger partial charge >= 0.3 is 0 Å². The van der Waals surface area contributed by atoms with Crippen molar-refractivity contribution in [1.82, 2.24) is 0 Å². The van der Waals surface area contributed by atoms with Crippen LogP contribution < -0.4 is 20.3 Å². The molecule has 2 aliphatic rings. The summed E-state index contributed by atoms with van der Waals surface area (Å²) in [5.41, 5.74) is 7.27. The number of ether oxygens (including phenoxy) is 1. The smallest absolute Gasteiger partial charge is 0.163 e. The first-order chi connectivity index (χ1) is 17.0. The average Bonchev–Trinajstić information content (AvgIpc) is 3.05. The van der Waals surface area contributed by atoms with Gasteiger partial charge in [-0.1, -0.05) is 43.3 Å². The summed E-state index contributed by atoms with van der Waals surface area (Å²) >= 11 is 0. The van der Waals surface area contributed by atoms with E-state index in [2.05, 4.69) is 71.0 Å². The van der Waals surface area contributed by atoms with Crippen LogP contribution in [0, 0.1) is 0 Å². The minimum Gasteiger partial charge on any atom is -0.494 e. The van der Waals surface area contributed by atoms with Crippen molar-refractivity contribution in [2.24, 2.45) is 0 Å². The van der Waals surface area contributed by atoms with Gasteiger partial charge in [-0.05, 0) is 66.3 Å². The van der Waals surface area contributed by atoms with E-state index in [-0.39, 0.29) is 17.7 Å². The fourth-order valence-electron chi connectivity index (χ4n) is 5.00. The summed E-state index contributed by atoms with van der Waals surface area (Å²) < 4.78 is 5.78. The molecule has 3 aromatic carbocycles. The number of carbonyl (C=O) groups is 1. The molecule has 180 valence electrons. The molecule has 0 saturated heterocycles. The number of rotatable bonds is 6. The van der Waals surface area contributed by atoms with E-state index in [0.717, 1.165) is 52.5 Å². The van der Waals surface area contributed by atoms with Gasteiger partial charge in [0.15, 0.2) is 5.78 Å². The van der Waals surface area contributed by atoms with Crippen molar-refractivity contribution in [1.29, 1.82) is 0 Å². The van der Waals surface area contributed by atoms with Crippen LogP contribution in [0.15, 0.2) is 84.1 Å². The predicted molar refractivity (Wildman–Crippen MR) is 143 cm³/mol. The van der Waals surface area contributed by atoms with E-state index in [9.17, 15) is 4.79 Å². The summed E-state index contributed by atoms with van der Waals surface area (Å²) in [4.78, 5) is 15.8. The van der Waals surface area contributed by atoms with Crippen molar-refractivity contribution >= 4 is 22.8 Å². The third-order valence-corrected chi connectivity index (χ3v) is 6.88. The van der Waals surface area contributed by atoms with Crippen molar-refractivity contribution in [2.75, 3.05) is 36.2 Å². The molecule has 1 aliphatic carbocycles. The molecule has 1 aliphatic heterocycles. The summed E-state index contributed by atoms with van der Waals surface area (Å²) in [6.45, 7) is 2.80. The SMILES string of the molecule is CCCOc1ccc(C2Nc3ccccc3NC3=C2C(=O)CC(c2ccc(N(C)C)cc2)C3)cc1. The maximum atomic E-state index is 13.7. The Morgan fingerprint density at radius 2 is 1.57 bits per heavy atom. The first kappa shape index (κ1) is 23.0. The first-order valence-corrected chi connectivity index (χ1v) is 12.4. The van der Waals surface area contributed by atoms with Crippen LogP contribution in [0.4, 0.5) is 17.1 Å². The highest BCUT2D eigenvalue weighted by Crippen LogP contribution is 2.44. The Morgan fingerprint density at radius 3 is 2.26 bits per heavy atom. The fraction of sp³-hybridized carbons (Fsp3) is 0.300. The van der Waals surface area contributed by atoms with Gasteiger partial charge in [0.05, 0.1) is 24.0 Å². The molecular weight excluding hydrogens is 434 g/mol. The lowest BCUT2D eigenvalue weighted by Gasteiger charge is -2.30. The molecule has 0 saturated carbocycles. The molecule has 5 heteroatoms. The molecule has 5 rings (SSSR count). The van der Waals surface area contributed by atoms with E-state index in [1.807, 2.05) is 38.4 Å². The Hall–Kier alpha value is -3.73. The zero-order chi connectivity index (χ0) is 24.4. The van der Waals surface area contributed by atoms with E-state index in [4.69, 9.17) is 4.74 Å². The number of allylic oxidation sites excluding steroid dienone is 1. The van der Waals surface area contributed by atoms with E-state index in [1.165, 1.54) is 5.56 Å². The number of para-hydroxylation sites is 2. The Labute approximate surface area is 207 Å². The highest BCUT2D eigenvalue weighted by atomic mass is 16.5. The number of anilines is 3. The Bertz CT molecular complexity index is 1230. The van der Waals surface area contributed by atoms with E-state index in [1.54, 1.807) is 0 Å². The average molecular weight is 468 g/mol. The second-order valence-corrected chi connectivity index (χ2v) is 9.57. The number of ketones is 1. The number of fused-ring (bicyclic) bond motifs is 1. The van der Waals surface area contributed by atoms with Crippen molar-refractivity contribution in [3.05, 3.63) is 95.2 Å². The van der Waals surface area contributed by atoms with Crippen LogP contribution in [0.2, 0.25) is 0 Å². The van der Waals surface area contributed by atoms with Crippen LogP contribution in [0.3, 0.4) is 0 Å². The largest absolute Gasteiger partial charge is 0.494 e. The second kappa shape index (κ2) is 9.87. The van der Waals surface area contributed by atoms with Crippen LogP contribution >= 0.6 is 0 Å². The van der Waals surface area contributed by atoms with E-state index < -0.39 is 0 Å². The van der Waals surface area contributed by atoms with Crippen molar-refractivity contribution in [2.45, 2.75) is 38.1 Å². The van der Waals surface area contributed by atoms with Crippen molar-refractivity contribution in [3.8, 4) is 5.75 Å². The fourth-order valence-corrected chi connectivity index (χ4v) is 5.00. The van der Waals surface area contributed by atoms with Crippen LogP contribution in [0.25, 0.3) is 0 Å². The number of hydrogen-bond donors (Lipinski definition) is 2. The number of hydrogen-bond acceptors (Lipinski definition) is 5. The Balaban J connectivity index is 1.50. The predicted octanol–water partition coefficient (Wildman–Crippen LogP) is 6.52. The lowest BCUT2D eigenvalue weighted by Crippen LogP contribution is -2.26. The molecule has 35 heavy (non-hydrogen) atoms. The standard InChI is InChI=1S/C30H33N3O2/c1-4-17-35-24-15-11-21(12-16-24)30-29-27(31-25-7-5-6-8-26(25)32-30)18-22(19-28(29)34)20-9-13-23(14-10-20)33(2)3/h5-16,22,30-32H,4,17-19H2,1-3H3. The molecule has 0 bridgehead atoms. The summed E-state index contributed by atoms with van der Waals surface area (Å²) in [7, 11) is 4.08. The number of nitrogens with zero attached hydrogens (tertiary/aromatic N) is 1. The Kier molecular flexibility index (Phi) is 6.49. The molecule has 0 aromatic heterocycles. The van der Waals surface area contributed by atoms with Crippen LogP contribution in [0.1, 0.15) is 49.3 Å². The van der Waals surface area contributed by atoms with Gasteiger partial charge in [0, 0.05) is 37.5 Å². The van der Waals surface area contributed by atoms with Crippen molar-refractivity contribution in [3.63, 3.8) is 0 Å². The number of benzene rings is 3. The molecule has 2 N–H and O–H groups in total. The third-order valence-electron chi connectivity index (χ3n) is 6.88. The van der Waals surface area contributed by atoms with Gasteiger partial charge in [0.25, 0.3) is 0 Å². The summed E-state index contributed by atoms with van der Waals surface area (Å²) in [6.07, 6.45) is 2.28. The molecule has 2 atom stereocenters. The second-order valence-electron chi connectivity index (χ2n) is 9.57. The topological polar surface area (TPSA) is 53.6 Å². The van der Waals surface area contributed by atoms with Gasteiger partial charge in [-0.25, -0.2) is 0 Å². The molecular formula is C30H33N3O2. The summed E-state index contributed by atoms with van der Waals surface area (Å²) in [5.74, 6) is 1.20. The third kappa shape index (κ3) is 4.76. The summed E-state index contributed by atoms with van der Waals surface area (Å²) in [6, 6.07) is 24.7. The highest BCUT2D eigenvalue weighted by molar-refractivity contribution is 6.01. The van der Waals surface area contributed by atoms with Crippen LogP contribution in [0.5, 0.6) is 5.75 Å². The van der Waals surface area contributed by atoms with Gasteiger partial charge in [0.2, 0.25) is 0 Å². The monoisotopic (exact) mass is 467 g/mol. The lowest BCUT2D eigenvalue weighted by molar-refractivity contribution is -0.116. The molecule has 0 spiro atoms. The minimum absolute atomic E-state index is 0.153. The maximum Gasteiger partial charge on any atom is 0.163 e. The van der Waals surface area contributed by atoms with Gasteiger partial charge in [-0.15, -0.1) is 0 Å². The number of Topliss-reactive ketones (excluding diaryl/α,β-unsaturated/α-hetero) is 1. The quantitative estimate of drug-likeness (QED) is 0.432. The zero-order valence-corrected chi connectivity index (χ0v) is 20.7. The van der Waals surface area contributed by atoms with Crippen LogP contribution in [-0.4, -0.2) is 26.5 Å². The van der Waals surface area contributed by atoms with Gasteiger partial charge < -0.3 is 20.3 Å². The molecule has 0 amide bonds. The molecule has 0 fully saturated rings. The normalized spacial score (nSPS) is 19.1. The zero-order valence-electron chi connectivity index (χ0n) is 20.7. The minimum atomic E-state index is -0.217. The highest BCUT2D eigenvalue weighted by Gasteiger charge is 2.36. The van der Waals surface area contributed by atoms with E-state index in [0.29, 0.717) is 13.0 Å². The molecule has 5 nitrogen and oxygen atoms in total. The number of carbonyl (C=O) groups excluding carboxylic acids is 1. The van der Waals surface area contributed by atoms with Gasteiger partial charge in [0.1, 0.15) is 5.75 Å². The number of nitrogens with one attached hydrogen (secondary N) is 2. The molecule has 2 unspecified atom stereocenters. The van der Waals surface area contributed by atoms with E-state index >= 15 is 0 Å². The van der Waals surface area contributed by atoms with Crippen LogP contribution in [-0.2, 0) is 4.79 Å². The van der Waals surface area contributed by atoms with Gasteiger partial charge in [-0.3, -0.25) is 4.79 Å².